The molecule has 0 spiro atoms. The molecule has 0 atom stereocenters. The largest absolute Gasteiger partial charge is 0.272 e. The molecule has 1 amide bonds. The maximum absolute atomic E-state index is 11.8. The van der Waals surface area contributed by atoms with Gasteiger partial charge < -0.3 is 0 Å². The lowest BCUT2D eigenvalue weighted by molar-refractivity contribution is -0.384. The van der Waals surface area contributed by atoms with E-state index in [1.165, 1.54) is 17.7 Å². The Morgan fingerprint density at radius 3 is 2.48 bits per heavy atom. The minimum Gasteiger partial charge on any atom is -0.272 e. The summed E-state index contributed by atoms with van der Waals surface area (Å²) in [7, 11) is 0. The minimum absolute atomic E-state index is 0.0235. The van der Waals surface area contributed by atoms with Crippen LogP contribution in [-0.4, -0.2) is 28.0 Å². The first-order valence-corrected chi connectivity index (χ1v) is 8.91. The van der Waals surface area contributed by atoms with Gasteiger partial charge >= 0.3 is 0 Å². The van der Waals surface area contributed by atoms with E-state index in [4.69, 9.17) is 0 Å². The molecule has 0 saturated carbocycles. The fourth-order valence-corrected chi connectivity index (χ4v) is 2.84. The Balaban J connectivity index is 1.74. The molecule has 25 heavy (non-hydrogen) atoms. The second-order valence-electron chi connectivity index (χ2n) is 5.32. The van der Waals surface area contributed by atoms with E-state index in [-0.39, 0.29) is 11.6 Å². The average Bonchev–Trinajstić information content (AvgIpc) is 2.64. The summed E-state index contributed by atoms with van der Waals surface area (Å²) in [5.74, 6) is 1.03. The number of hydrogen-bond acceptors (Lipinski definition) is 5. The van der Waals surface area contributed by atoms with Gasteiger partial charge in [0, 0.05) is 12.1 Å². The van der Waals surface area contributed by atoms with Crippen LogP contribution in [0.4, 0.5) is 5.69 Å². The van der Waals surface area contributed by atoms with Crippen molar-refractivity contribution in [2.24, 2.45) is 5.10 Å². The van der Waals surface area contributed by atoms with E-state index < -0.39 is 4.92 Å². The highest BCUT2D eigenvalue weighted by molar-refractivity contribution is 7.99. The molecule has 0 saturated heterocycles. The third kappa shape index (κ3) is 6.39. The van der Waals surface area contributed by atoms with Gasteiger partial charge in [-0.05, 0) is 42.4 Å². The second-order valence-corrected chi connectivity index (χ2v) is 6.43. The van der Waals surface area contributed by atoms with Crippen LogP contribution in [0.15, 0.2) is 59.7 Å². The molecule has 0 radical (unpaired) electrons. The molecule has 0 heterocycles. The summed E-state index contributed by atoms with van der Waals surface area (Å²) >= 11 is 1.55. The molecule has 130 valence electrons. The Morgan fingerprint density at radius 1 is 1.16 bits per heavy atom. The van der Waals surface area contributed by atoms with Crippen molar-refractivity contribution in [3.63, 3.8) is 0 Å². The van der Waals surface area contributed by atoms with Gasteiger partial charge in [-0.2, -0.15) is 16.9 Å². The Morgan fingerprint density at radius 2 is 1.84 bits per heavy atom. The summed E-state index contributed by atoms with van der Waals surface area (Å²) in [4.78, 5) is 22.0. The topological polar surface area (TPSA) is 84.6 Å². The maximum Gasteiger partial charge on any atom is 0.269 e. The van der Waals surface area contributed by atoms with Crippen LogP contribution in [0.1, 0.15) is 18.1 Å². The number of benzene rings is 2. The SMILES string of the molecule is C/C(=N/NC(=O)CSCCc1ccccc1)c1ccc([N+](=O)[O-])cc1. The molecule has 0 fully saturated rings. The molecule has 1 N–H and O–H groups in total. The number of aryl methyl sites for hydroxylation is 1. The summed E-state index contributed by atoms with van der Waals surface area (Å²) in [6, 6.07) is 16.2. The number of hydrazone groups is 1. The zero-order valence-electron chi connectivity index (χ0n) is 13.8. The van der Waals surface area contributed by atoms with Crippen molar-refractivity contribution in [3.8, 4) is 0 Å². The van der Waals surface area contributed by atoms with Crippen LogP contribution < -0.4 is 5.43 Å². The molecule has 0 aliphatic heterocycles. The summed E-state index contributed by atoms with van der Waals surface area (Å²) < 4.78 is 0. The van der Waals surface area contributed by atoms with Gasteiger partial charge in [-0.1, -0.05) is 30.3 Å². The van der Waals surface area contributed by atoms with E-state index >= 15 is 0 Å². The number of hydrogen-bond donors (Lipinski definition) is 1. The van der Waals surface area contributed by atoms with Crippen molar-refractivity contribution in [3.05, 3.63) is 75.8 Å². The van der Waals surface area contributed by atoms with Crippen molar-refractivity contribution in [1.82, 2.24) is 5.43 Å². The van der Waals surface area contributed by atoms with E-state index in [9.17, 15) is 14.9 Å². The number of nitro groups is 1. The number of amides is 1. The smallest absolute Gasteiger partial charge is 0.269 e. The van der Waals surface area contributed by atoms with E-state index in [1.54, 1.807) is 30.8 Å². The number of nitrogens with one attached hydrogen (secondary N) is 1. The highest BCUT2D eigenvalue weighted by Gasteiger charge is 2.06. The maximum atomic E-state index is 11.8. The van der Waals surface area contributed by atoms with Gasteiger partial charge in [0.25, 0.3) is 5.69 Å². The van der Waals surface area contributed by atoms with Crippen molar-refractivity contribution in [1.29, 1.82) is 0 Å². The lowest BCUT2D eigenvalue weighted by Crippen LogP contribution is -2.21. The van der Waals surface area contributed by atoms with E-state index in [0.717, 1.165) is 17.7 Å². The van der Waals surface area contributed by atoms with Gasteiger partial charge in [-0.25, -0.2) is 5.43 Å². The highest BCUT2D eigenvalue weighted by Crippen LogP contribution is 2.12. The standard InChI is InChI=1S/C18H19N3O3S/c1-14(16-7-9-17(10-8-16)21(23)24)19-20-18(22)13-25-12-11-15-5-3-2-4-6-15/h2-10H,11-13H2,1H3,(H,20,22)/b19-14-. The van der Waals surface area contributed by atoms with Gasteiger partial charge in [-0.3, -0.25) is 14.9 Å². The van der Waals surface area contributed by atoms with Crippen LogP contribution in [0, 0.1) is 10.1 Å². The predicted molar refractivity (Wildman–Crippen MR) is 101 cm³/mol. The monoisotopic (exact) mass is 357 g/mol. The fraction of sp³-hybridized carbons (Fsp3) is 0.222. The first kappa shape index (κ1) is 18.7. The zero-order valence-corrected chi connectivity index (χ0v) is 14.7. The summed E-state index contributed by atoms with van der Waals surface area (Å²) in [6.07, 6.45) is 0.921. The molecule has 7 heteroatoms. The van der Waals surface area contributed by atoms with Crippen molar-refractivity contribution in [2.45, 2.75) is 13.3 Å². The number of carbonyl (C=O) groups is 1. The second kappa shape index (κ2) is 9.58. The number of nitro benzene ring substituents is 1. The van der Waals surface area contributed by atoms with Crippen LogP contribution >= 0.6 is 11.8 Å². The van der Waals surface area contributed by atoms with Crippen molar-refractivity contribution < 1.29 is 9.72 Å². The Labute approximate surface area is 150 Å². The third-order valence-electron chi connectivity index (χ3n) is 3.46. The number of nitrogens with zero attached hydrogens (tertiary/aromatic N) is 2. The van der Waals surface area contributed by atoms with Crippen molar-refractivity contribution >= 4 is 29.1 Å². The summed E-state index contributed by atoms with van der Waals surface area (Å²) in [5, 5.41) is 14.7. The van der Waals surface area contributed by atoms with E-state index in [1.807, 2.05) is 18.2 Å². The molecule has 0 unspecified atom stereocenters. The quantitative estimate of drug-likeness (QED) is 0.339. The summed E-state index contributed by atoms with van der Waals surface area (Å²) in [6.45, 7) is 1.74. The van der Waals surface area contributed by atoms with Gasteiger partial charge in [-0.15, -0.1) is 0 Å². The molecule has 0 aliphatic rings. The molecular weight excluding hydrogens is 338 g/mol. The number of rotatable bonds is 8. The third-order valence-corrected chi connectivity index (χ3v) is 4.41. The predicted octanol–water partition coefficient (Wildman–Crippen LogP) is 3.41. The van der Waals surface area contributed by atoms with Gasteiger partial charge in [0.2, 0.25) is 5.91 Å². The van der Waals surface area contributed by atoms with Gasteiger partial charge in [0.1, 0.15) is 0 Å². The van der Waals surface area contributed by atoms with Crippen LogP contribution in [-0.2, 0) is 11.2 Å². The van der Waals surface area contributed by atoms with Crippen LogP contribution in [0.5, 0.6) is 0 Å². The molecule has 2 aromatic carbocycles. The molecule has 2 rings (SSSR count). The summed E-state index contributed by atoms with van der Waals surface area (Å²) in [5.41, 5.74) is 5.11. The Hall–Kier alpha value is -2.67. The number of carbonyl (C=O) groups excluding carboxylic acids is 1. The van der Waals surface area contributed by atoms with Gasteiger partial charge in [0.15, 0.2) is 0 Å². The average molecular weight is 357 g/mol. The highest BCUT2D eigenvalue weighted by atomic mass is 32.2. The Bertz CT molecular complexity index is 746. The molecular formula is C18H19N3O3S. The molecule has 6 nitrogen and oxygen atoms in total. The van der Waals surface area contributed by atoms with E-state index in [2.05, 4.69) is 22.7 Å². The van der Waals surface area contributed by atoms with E-state index in [0.29, 0.717) is 11.5 Å². The normalized spacial score (nSPS) is 11.2. The first-order chi connectivity index (χ1) is 12.1. The molecule has 2 aromatic rings. The number of thioether (sulfide) groups is 1. The first-order valence-electron chi connectivity index (χ1n) is 7.76. The van der Waals surface area contributed by atoms with Crippen molar-refractivity contribution in [2.75, 3.05) is 11.5 Å². The minimum atomic E-state index is -0.454. The molecule has 0 aliphatic carbocycles. The van der Waals surface area contributed by atoms with Crippen LogP contribution in [0.3, 0.4) is 0 Å². The molecule has 0 aromatic heterocycles. The fourth-order valence-electron chi connectivity index (χ4n) is 2.07. The lowest BCUT2D eigenvalue weighted by atomic mass is 10.1. The zero-order chi connectivity index (χ0) is 18.1. The Kier molecular flexibility index (Phi) is 7.16. The lowest BCUT2D eigenvalue weighted by Gasteiger charge is -2.04. The number of non-ortho nitro benzene ring substituents is 1. The molecule has 0 bridgehead atoms. The van der Waals surface area contributed by atoms with Crippen LogP contribution in [0.2, 0.25) is 0 Å². The van der Waals surface area contributed by atoms with Gasteiger partial charge in [0.05, 0.1) is 16.4 Å². The van der Waals surface area contributed by atoms with Crippen LogP contribution in [0.25, 0.3) is 0 Å².